The van der Waals surface area contributed by atoms with Gasteiger partial charge in [-0.1, -0.05) is 0 Å². The predicted octanol–water partition coefficient (Wildman–Crippen LogP) is -1.09. The summed E-state index contributed by atoms with van der Waals surface area (Å²) in [7, 11) is -1.89. The second-order valence-corrected chi connectivity index (χ2v) is 5.69. The monoisotopic (exact) mass is 236 g/mol. The van der Waals surface area contributed by atoms with Gasteiger partial charge in [-0.25, -0.2) is 8.42 Å². The molecule has 0 radical (unpaired) electrons. The third kappa shape index (κ3) is 2.47. The van der Waals surface area contributed by atoms with Crippen LogP contribution in [0.2, 0.25) is 0 Å². The van der Waals surface area contributed by atoms with E-state index in [9.17, 15) is 13.2 Å². The molecule has 6 nitrogen and oxygen atoms in total. The molecule has 0 aromatic heterocycles. The van der Waals surface area contributed by atoms with Crippen LogP contribution in [0.3, 0.4) is 0 Å². The third-order valence-electron chi connectivity index (χ3n) is 2.60. The zero-order valence-electron chi connectivity index (χ0n) is 8.84. The summed E-state index contributed by atoms with van der Waals surface area (Å²) >= 11 is 0. The summed E-state index contributed by atoms with van der Waals surface area (Å²) in [6, 6.07) is -0.764. The molecule has 0 bridgehead atoms. The molecule has 0 saturated carbocycles. The maximum Gasteiger partial charge on any atom is 0.235 e. The summed E-state index contributed by atoms with van der Waals surface area (Å²) in [6.07, 6.45) is 0.0919. The number of nitrogens with two attached hydrogens (primary N) is 1. The van der Waals surface area contributed by atoms with Crippen molar-refractivity contribution >= 4 is 15.9 Å². The second kappa shape index (κ2) is 4.46. The summed E-state index contributed by atoms with van der Waals surface area (Å²) in [4.78, 5) is 11.1. The normalized spacial score (nSPS) is 28.1. The van der Waals surface area contributed by atoms with Crippen LogP contribution in [0.15, 0.2) is 0 Å². The number of carbonyl (C=O) groups is 1. The molecule has 7 heteroatoms. The van der Waals surface area contributed by atoms with Crippen molar-refractivity contribution in [3.63, 3.8) is 0 Å². The molecule has 0 spiro atoms. The number of primary amides is 1. The Bertz CT molecular complexity index is 341. The molecule has 1 aliphatic rings. The first-order chi connectivity index (χ1) is 6.92. The number of hydrogen-bond acceptors (Lipinski definition) is 4. The Hall–Kier alpha value is -0.660. The van der Waals surface area contributed by atoms with Crippen LogP contribution in [-0.4, -0.2) is 50.2 Å². The zero-order valence-corrected chi connectivity index (χ0v) is 9.66. The minimum absolute atomic E-state index is 0.0345. The number of hydrogen-bond donors (Lipinski definition) is 1. The van der Waals surface area contributed by atoms with Crippen molar-refractivity contribution in [1.82, 2.24) is 4.31 Å². The van der Waals surface area contributed by atoms with E-state index in [4.69, 9.17) is 10.5 Å². The maximum absolute atomic E-state index is 11.6. The van der Waals surface area contributed by atoms with Crippen LogP contribution in [0.25, 0.3) is 0 Å². The van der Waals surface area contributed by atoms with Crippen LogP contribution in [0, 0.1) is 0 Å². The summed E-state index contributed by atoms with van der Waals surface area (Å²) < 4.78 is 29.5. The van der Waals surface area contributed by atoms with E-state index in [0.29, 0.717) is 6.42 Å². The van der Waals surface area contributed by atoms with Crippen molar-refractivity contribution in [3.05, 3.63) is 0 Å². The predicted molar refractivity (Wildman–Crippen MR) is 54.6 cm³/mol. The van der Waals surface area contributed by atoms with Gasteiger partial charge in [0.05, 0.1) is 11.9 Å². The lowest BCUT2D eigenvalue weighted by molar-refractivity contribution is -0.121. The molecule has 1 rings (SSSR count). The topological polar surface area (TPSA) is 89.7 Å². The average molecular weight is 236 g/mol. The minimum atomic E-state index is -3.38. The first-order valence-corrected chi connectivity index (χ1v) is 6.35. The van der Waals surface area contributed by atoms with E-state index >= 15 is 0 Å². The first-order valence-electron chi connectivity index (χ1n) is 4.74. The van der Waals surface area contributed by atoms with E-state index in [2.05, 4.69) is 0 Å². The van der Waals surface area contributed by atoms with Gasteiger partial charge in [-0.2, -0.15) is 4.31 Å². The highest BCUT2D eigenvalue weighted by atomic mass is 32.2. The number of sulfonamides is 1. The Morgan fingerprint density at radius 1 is 1.60 bits per heavy atom. The van der Waals surface area contributed by atoms with Crippen molar-refractivity contribution < 1.29 is 17.9 Å². The highest BCUT2D eigenvalue weighted by Crippen LogP contribution is 2.23. The van der Waals surface area contributed by atoms with Gasteiger partial charge in [0.15, 0.2) is 0 Å². The number of amides is 1. The second-order valence-electron chi connectivity index (χ2n) is 3.48. The molecular formula is C8H16N2O4S. The van der Waals surface area contributed by atoms with Crippen LogP contribution < -0.4 is 5.73 Å². The van der Waals surface area contributed by atoms with E-state index in [1.54, 1.807) is 0 Å². The lowest BCUT2D eigenvalue weighted by Gasteiger charge is -2.20. The fraction of sp³-hybridized carbons (Fsp3) is 0.875. The van der Waals surface area contributed by atoms with Crippen LogP contribution in [0.4, 0.5) is 0 Å². The molecule has 88 valence electrons. The molecule has 2 N–H and O–H groups in total. The number of ether oxygens (including phenoxy) is 1. The van der Waals surface area contributed by atoms with Crippen molar-refractivity contribution in [2.45, 2.75) is 25.5 Å². The lowest BCUT2D eigenvalue weighted by atomic mass is 10.2. The van der Waals surface area contributed by atoms with Gasteiger partial charge in [0.2, 0.25) is 15.9 Å². The fourth-order valence-corrected chi connectivity index (χ4v) is 2.97. The van der Waals surface area contributed by atoms with Crippen molar-refractivity contribution in [2.24, 2.45) is 5.73 Å². The molecule has 1 saturated heterocycles. The van der Waals surface area contributed by atoms with E-state index in [1.165, 1.54) is 14.0 Å². The van der Waals surface area contributed by atoms with Gasteiger partial charge in [-0.05, 0) is 6.92 Å². The van der Waals surface area contributed by atoms with E-state index in [1.807, 2.05) is 0 Å². The number of methoxy groups -OCH3 is 1. The highest BCUT2D eigenvalue weighted by molar-refractivity contribution is 7.89. The maximum atomic E-state index is 11.6. The van der Waals surface area contributed by atoms with Gasteiger partial charge in [0.25, 0.3) is 0 Å². The largest absolute Gasteiger partial charge is 0.380 e. The number of rotatable bonds is 4. The van der Waals surface area contributed by atoms with Crippen molar-refractivity contribution in [2.75, 3.05) is 19.4 Å². The van der Waals surface area contributed by atoms with Crippen LogP contribution in [-0.2, 0) is 19.6 Å². The Labute approximate surface area is 89.4 Å². The van der Waals surface area contributed by atoms with Crippen LogP contribution in [0.5, 0.6) is 0 Å². The minimum Gasteiger partial charge on any atom is -0.380 e. The SMILES string of the molecule is CCS(=O)(=O)N1C[C@@H](OC)C[C@H]1C(N)=O. The van der Waals surface area contributed by atoms with E-state index in [0.717, 1.165) is 4.31 Å². The van der Waals surface area contributed by atoms with Crippen molar-refractivity contribution in [1.29, 1.82) is 0 Å². The molecule has 2 atom stereocenters. The van der Waals surface area contributed by atoms with Gasteiger partial charge >= 0.3 is 0 Å². The molecule has 1 fully saturated rings. The van der Waals surface area contributed by atoms with E-state index in [-0.39, 0.29) is 18.4 Å². The molecule has 0 aromatic rings. The average Bonchev–Trinajstić information content (AvgIpc) is 2.62. The van der Waals surface area contributed by atoms with Gasteiger partial charge in [-0.3, -0.25) is 4.79 Å². The van der Waals surface area contributed by atoms with Crippen LogP contribution >= 0.6 is 0 Å². The van der Waals surface area contributed by atoms with E-state index < -0.39 is 22.0 Å². The van der Waals surface area contributed by atoms with Gasteiger partial charge in [-0.15, -0.1) is 0 Å². The summed E-state index contributed by atoms with van der Waals surface area (Å²) in [6.45, 7) is 1.74. The molecule has 1 aliphatic heterocycles. The Morgan fingerprint density at radius 3 is 2.60 bits per heavy atom. The molecule has 0 unspecified atom stereocenters. The summed E-state index contributed by atoms with van der Waals surface area (Å²) in [5, 5.41) is 0. The third-order valence-corrected chi connectivity index (χ3v) is 4.45. The smallest absolute Gasteiger partial charge is 0.235 e. The molecule has 1 heterocycles. The Morgan fingerprint density at radius 2 is 2.20 bits per heavy atom. The number of nitrogens with zero attached hydrogens (tertiary/aromatic N) is 1. The number of carbonyl (C=O) groups excluding carboxylic acids is 1. The van der Waals surface area contributed by atoms with Crippen molar-refractivity contribution in [3.8, 4) is 0 Å². The van der Waals surface area contributed by atoms with Gasteiger partial charge in [0.1, 0.15) is 6.04 Å². The molecule has 1 amide bonds. The quantitative estimate of drug-likeness (QED) is 0.671. The molecule has 0 aliphatic carbocycles. The summed E-state index contributed by atoms with van der Waals surface area (Å²) in [5.74, 6) is -0.653. The highest BCUT2D eigenvalue weighted by Gasteiger charge is 2.41. The summed E-state index contributed by atoms with van der Waals surface area (Å²) in [5.41, 5.74) is 5.16. The molecule has 0 aromatic carbocycles. The van der Waals surface area contributed by atoms with Crippen LogP contribution in [0.1, 0.15) is 13.3 Å². The fourth-order valence-electron chi connectivity index (χ4n) is 1.67. The Balaban J connectivity index is 2.91. The first kappa shape index (κ1) is 12.4. The molecular weight excluding hydrogens is 220 g/mol. The standard InChI is InChI=1S/C8H16N2O4S/c1-3-15(12,13)10-5-6(14-2)4-7(10)8(9)11/h6-7H,3-5H2,1-2H3,(H2,9,11)/t6-,7-/m0/s1. The van der Waals surface area contributed by atoms with Gasteiger partial charge < -0.3 is 10.5 Å². The molecule has 15 heavy (non-hydrogen) atoms. The zero-order chi connectivity index (χ0) is 11.6. The Kier molecular flexibility index (Phi) is 3.69. The van der Waals surface area contributed by atoms with Gasteiger partial charge in [0, 0.05) is 20.1 Å². The lowest BCUT2D eigenvalue weighted by Crippen LogP contribution is -2.44.